The van der Waals surface area contributed by atoms with E-state index in [1.165, 1.54) is 12.8 Å². The third-order valence-electron chi connectivity index (χ3n) is 3.48. The largest absolute Gasteiger partial charge is 0.496 e. The molecule has 1 aliphatic rings. The van der Waals surface area contributed by atoms with Crippen LogP contribution in [0.15, 0.2) is 18.2 Å². The van der Waals surface area contributed by atoms with Gasteiger partial charge in [-0.25, -0.2) is 0 Å². The van der Waals surface area contributed by atoms with Gasteiger partial charge < -0.3 is 10.1 Å². The topological polar surface area (TPSA) is 49.9 Å². The fraction of sp³-hybridized carbons (Fsp3) is 0.400. The molecule has 19 heavy (non-hydrogen) atoms. The molecule has 1 aromatic heterocycles. The van der Waals surface area contributed by atoms with Crippen LogP contribution in [0.5, 0.6) is 5.75 Å². The predicted octanol–water partition coefficient (Wildman–Crippen LogP) is 3.28. The Bertz CT molecular complexity index is 576. The van der Waals surface area contributed by atoms with Crippen LogP contribution >= 0.6 is 0 Å². The van der Waals surface area contributed by atoms with Crippen LogP contribution in [-0.2, 0) is 0 Å². The van der Waals surface area contributed by atoms with E-state index in [1.54, 1.807) is 7.11 Å². The monoisotopic (exact) mass is 257 g/mol. The maximum Gasteiger partial charge on any atom is 0.148 e. The highest BCUT2D eigenvalue weighted by Crippen LogP contribution is 2.30. The summed E-state index contributed by atoms with van der Waals surface area (Å²) in [5.41, 5.74) is 4.47. The van der Waals surface area contributed by atoms with Crippen LogP contribution in [0, 0.1) is 13.8 Å². The smallest absolute Gasteiger partial charge is 0.148 e. The molecular formula is C15H19N3O. The molecule has 0 aliphatic heterocycles. The number of nitrogens with zero attached hydrogens (tertiary/aromatic N) is 1. The van der Waals surface area contributed by atoms with E-state index < -0.39 is 0 Å². The number of hydrogen-bond acceptors (Lipinski definition) is 3. The van der Waals surface area contributed by atoms with Crippen molar-refractivity contribution in [2.75, 3.05) is 12.4 Å². The highest BCUT2D eigenvalue weighted by molar-refractivity contribution is 5.66. The lowest BCUT2D eigenvalue weighted by Gasteiger charge is -2.10. The summed E-state index contributed by atoms with van der Waals surface area (Å²) < 4.78 is 5.39. The lowest BCUT2D eigenvalue weighted by Crippen LogP contribution is -2.00. The molecule has 4 heteroatoms. The summed E-state index contributed by atoms with van der Waals surface area (Å²) in [6, 6.07) is 6.94. The van der Waals surface area contributed by atoms with Gasteiger partial charge in [0.15, 0.2) is 0 Å². The van der Waals surface area contributed by atoms with E-state index in [0.29, 0.717) is 6.04 Å². The van der Waals surface area contributed by atoms with Gasteiger partial charge in [0.2, 0.25) is 0 Å². The lowest BCUT2D eigenvalue weighted by atomic mass is 10.0. The number of aromatic nitrogens is 2. The minimum Gasteiger partial charge on any atom is -0.496 e. The SMILES string of the molecule is COc1c(C)cc(-c2cc(NC3CC3)n[nH]2)cc1C. The number of benzene rings is 1. The first-order valence-electron chi connectivity index (χ1n) is 6.65. The second-order valence-electron chi connectivity index (χ2n) is 5.23. The fourth-order valence-corrected chi connectivity index (χ4v) is 2.41. The quantitative estimate of drug-likeness (QED) is 0.883. The van der Waals surface area contributed by atoms with Crippen molar-refractivity contribution in [2.45, 2.75) is 32.7 Å². The Morgan fingerprint density at radius 2 is 1.89 bits per heavy atom. The zero-order valence-corrected chi connectivity index (χ0v) is 11.6. The number of aromatic amines is 1. The molecule has 1 aromatic carbocycles. The second-order valence-corrected chi connectivity index (χ2v) is 5.23. The number of rotatable bonds is 4. The van der Waals surface area contributed by atoms with Gasteiger partial charge in [0.25, 0.3) is 0 Å². The summed E-state index contributed by atoms with van der Waals surface area (Å²) in [4.78, 5) is 0. The first-order chi connectivity index (χ1) is 9.17. The van der Waals surface area contributed by atoms with Gasteiger partial charge in [0.1, 0.15) is 11.6 Å². The zero-order chi connectivity index (χ0) is 13.4. The van der Waals surface area contributed by atoms with Crippen LogP contribution in [0.2, 0.25) is 0 Å². The van der Waals surface area contributed by atoms with Crippen LogP contribution in [0.3, 0.4) is 0 Å². The molecule has 2 aromatic rings. The number of ether oxygens (including phenoxy) is 1. The second kappa shape index (κ2) is 4.61. The van der Waals surface area contributed by atoms with Crippen molar-refractivity contribution in [2.24, 2.45) is 0 Å². The average molecular weight is 257 g/mol. The van der Waals surface area contributed by atoms with E-state index in [-0.39, 0.29) is 0 Å². The number of aryl methyl sites for hydroxylation is 2. The van der Waals surface area contributed by atoms with E-state index in [9.17, 15) is 0 Å². The van der Waals surface area contributed by atoms with Gasteiger partial charge >= 0.3 is 0 Å². The van der Waals surface area contributed by atoms with Crippen LogP contribution in [0.4, 0.5) is 5.82 Å². The molecule has 3 rings (SSSR count). The summed E-state index contributed by atoms with van der Waals surface area (Å²) in [6.07, 6.45) is 2.51. The summed E-state index contributed by atoms with van der Waals surface area (Å²) in [7, 11) is 1.71. The van der Waals surface area contributed by atoms with Gasteiger partial charge in [-0.2, -0.15) is 5.10 Å². The maximum atomic E-state index is 5.39. The number of H-pyrrole nitrogens is 1. The van der Waals surface area contributed by atoms with Crippen molar-refractivity contribution in [1.82, 2.24) is 10.2 Å². The fourth-order valence-electron chi connectivity index (χ4n) is 2.41. The van der Waals surface area contributed by atoms with Crippen LogP contribution in [-0.4, -0.2) is 23.3 Å². The lowest BCUT2D eigenvalue weighted by molar-refractivity contribution is 0.408. The van der Waals surface area contributed by atoms with Crippen molar-refractivity contribution in [3.8, 4) is 17.0 Å². The van der Waals surface area contributed by atoms with Crippen LogP contribution in [0.25, 0.3) is 11.3 Å². The maximum absolute atomic E-state index is 5.39. The van der Waals surface area contributed by atoms with Gasteiger partial charge in [0, 0.05) is 17.7 Å². The normalized spacial score (nSPS) is 14.5. The summed E-state index contributed by atoms with van der Waals surface area (Å²) in [5, 5.41) is 10.8. The highest BCUT2D eigenvalue weighted by Gasteiger charge is 2.21. The Labute approximate surface area is 113 Å². The number of nitrogens with one attached hydrogen (secondary N) is 2. The number of hydrogen-bond donors (Lipinski definition) is 2. The van der Waals surface area contributed by atoms with Crippen molar-refractivity contribution < 1.29 is 4.74 Å². The summed E-state index contributed by atoms with van der Waals surface area (Å²) in [5.74, 6) is 1.89. The zero-order valence-electron chi connectivity index (χ0n) is 11.6. The Kier molecular flexibility index (Phi) is 2.93. The van der Waals surface area contributed by atoms with E-state index in [2.05, 4.69) is 47.6 Å². The van der Waals surface area contributed by atoms with E-state index in [4.69, 9.17) is 4.74 Å². The average Bonchev–Trinajstić information content (AvgIpc) is 3.04. The van der Waals surface area contributed by atoms with Gasteiger partial charge in [-0.15, -0.1) is 0 Å². The molecular weight excluding hydrogens is 238 g/mol. The van der Waals surface area contributed by atoms with Crippen molar-refractivity contribution in [3.63, 3.8) is 0 Å². The molecule has 0 unspecified atom stereocenters. The molecule has 0 atom stereocenters. The van der Waals surface area contributed by atoms with Crippen molar-refractivity contribution in [1.29, 1.82) is 0 Å². The first-order valence-corrected chi connectivity index (χ1v) is 6.65. The van der Waals surface area contributed by atoms with Gasteiger partial charge in [-0.3, -0.25) is 5.10 Å². The summed E-state index contributed by atoms with van der Waals surface area (Å²) >= 11 is 0. The summed E-state index contributed by atoms with van der Waals surface area (Å²) in [6.45, 7) is 4.13. The molecule has 1 saturated carbocycles. The number of methoxy groups -OCH3 is 1. The molecule has 0 saturated heterocycles. The molecule has 1 heterocycles. The van der Waals surface area contributed by atoms with Crippen molar-refractivity contribution >= 4 is 5.82 Å². The molecule has 0 spiro atoms. The third kappa shape index (κ3) is 2.43. The third-order valence-corrected chi connectivity index (χ3v) is 3.48. The Morgan fingerprint density at radius 1 is 1.21 bits per heavy atom. The molecule has 4 nitrogen and oxygen atoms in total. The van der Waals surface area contributed by atoms with Crippen molar-refractivity contribution in [3.05, 3.63) is 29.3 Å². The molecule has 1 fully saturated rings. The molecule has 1 aliphatic carbocycles. The van der Waals surface area contributed by atoms with Crippen LogP contribution < -0.4 is 10.1 Å². The predicted molar refractivity (Wildman–Crippen MR) is 76.7 cm³/mol. The first kappa shape index (κ1) is 12.1. The van der Waals surface area contributed by atoms with E-state index in [0.717, 1.165) is 34.0 Å². The number of anilines is 1. The standard InChI is InChI=1S/C15H19N3O/c1-9-6-11(7-10(2)15(9)19-3)13-8-14(18-17-13)16-12-4-5-12/h6-8,12H,4-5H2,1-3H3,(H2,16,17,18). The van der Waals surface area contributed by atoms with E-state index in [1.807, 2.05) is 0 Å². The van der Waals surface area contributed by atoms with Crippen LogP contribution in [0.1, 0.15) is 24.0 Å². The molecule has 2 N–H and O–H groups in total. The minimum atomic E-state index is 0.621. The molecule has 100 valence electrons. The molecule has 0 amide bonds. The van der Waals surface area contributed by atoms with E-state index >= 15 is 0 Å². The molecule has 0 radical (unpaired) electrons. The highest BCUT2D eigenvalue weighted by atomic mass is 16.5. The van der Waals surface area contributed by atoms with Gasteiger partial charge in [-0.1, -0.05) is 0 Å². The molecule has 0 bridgehead atoms. The Morgan fingerprint density at radius 3 is 2.47 bits per heavy atom. The van der Waals surface area contributed by atoms with Gasteiger partial charge in [-0.05, 0) is 49.9 Å². The Balaban J connectivity index is 1.90. The minimum absolute atomic E-state index is 0.621. The Hall–Kier alpha value is -1.97. The van der Waals surface area contributed by atoms with Gasteiger partial charge in [0.05, 0.1) is 12.8 Å².